The number of hydrogen-bond acceptors (Lipinski definition) is 4. The Morgan fingerprint density at radius 1 is 0.893 bits per heavy atom. The minimum Gasteiger partial charge on any atom is -0.461 e. The third-order valence-corrected chi connectivity index (χ3v) is 4.76. The Morgan fingerprint density at radius 3 is 2.32 bits per heavy atom. The minimum absolute atomic E-state index is 0.0681. The summed E-state index contributed by atoms with van der Waals surface area (Å²) < 4.78 is 10.1. The first kappa shape index (κ1) is 17.8. The third kappa shape index (κ3) is 3.34. The number of ether oxygens (including phenoxy) is 2. The second-order valence-corrected chi connectivity index (χ2v) is 6.46. The lowest BCUT2D eigenvalue weighted by Crippen LogP contribution is -2.28. The van der Waals surface area contributed by atoms with Crippen molar-refractivity contribution in [2.45, 2.75) is 6.61 Å². The molecule has 4 aromatic carbocycles. The van der Waals surface area contributed by atoms with E-state index in [0.29, 0.717) is 0 Å². The van der Waals surface area contributed by atoms with Gasteiger partial charge in [-0.2, -0.15) is 0 Å². The van der Waals surface area contributed by atoms with Crippen LogP contribution in [0.3, 0.4) is 0 Å². The zero-order chi connectivity index (χ0) is 19.5. The molecule has 0 atom stereocenters. The van der Waals surface area contributed by atoms with Crippen LogP contribution in [0.2, 0.25) is 0 Å². The van der Waals surface area contributed by atoms with Gasteiger partial charge in [0.05, 0.1) is 6.54 Å². The molecule has 1 amide bonds. The molecule has 0 saturated carbocycles. The summed E-state index contributed by atoms with van der Waals surface area (Å²) in [5.74, 6) is -0.524. The molecule has 0 spiro atoms. The van der Waals surface area contributed by atoms with Crippen LogP contribution in [-0.2, 0) is 20.9 Å². The molecular weight excluding hydrogens is 354 g/mol. The number of carbonyl (C=O) groups is 2. The number of alkyl carbamates (subject to hydrolysis) is 1. The second-order valence-electron chi connectivity index (χ2n) is 6.46. The fourth-order valence-corrected chi connectivity index (χ4v) is 3.48. The summed E-state index contributed by atoms with van der Waals surface area (Å²) in [5, 5.41) is 9.61. The highest BCUT2D eigenvalue weighted by Gasteiger charge is 2.12. The third-order valence-electron chi connectivity index (χ3n) is 4.76. The van der Waals surface area contributed by atoms with E-state index in [4.69, 9.17) is 9.47 Å². The van der Waals surface area contributed by atoms with E-state index in [9.17, 15) is 9.59 Å². The minimum atomic E-state index is -0.555. The Balaban J connectivity index is 1.51. The molecule has 4 aromatic rings. The summed E-state index contributed by atoms with van der Waals surface area (Å²) >= 11 is 0. The number of nitrogens with one attached hydrogen (secondary N) is 1. The largest absolute Gasteiger partial charge is 0.461 e. The summed E-state index contributed by atoms with van der Waals surface area (Å²) in [6.45, 7) is 3.71. The molecule has 0 heterocycles. The lowest BCUT2D eigenvalue weighted by molar-refractivity contribution is -0.137. The first-order chi connectivity index (χ1) is 13.7. The van der Waals surface area contributed by atoms with Crippen LogP contribution >= 0.6 is 0 Å². The van der Waals surface area contributed by atoms with E-state index in [1.165, 1.54) is 21.5 Å². The van der Waals surface area contributed by atoms with Gasteiger partial charge >= 0.3 is 12.1 Å². The number of benzene rings is 4. The van der Waals surface area contributed by atoms with Gasteiger partial charge in [0, 0.05) is 6.08 Å². The van der Waals surface area contributed by atoms with E-state index in [1.54, 1.807) is 0 Å². The maximum atomic E-state index is 11.9. The van der Waals surface area contributed by atoms with E-state index >= 15 is 0 Å². The van der Waals surface area contributed by atoms with Gasteiger partial charge in [0.1, 0.15) is 13.2 Å². The Kier molecular flexibility index (Phi) is 4.81. The van der Waals surface area contributed by atoms with Crippen LogP contribution < -0.4 is 5.32 Å². The molecule has 4 rings (SSSR count). The highest BCUT2D eigenvalue weighted by molar-refractivity contribution is 6.23. The molecule has 0 bridgehead atoms. The van der Waals surface area contributed by atoms with Gasteiger partial charge in [-0.1, -0.05) is 61.2 Å². The van der Waals surface area contributed by atoms with Crippen molar-refractivity contribution >= 4 is 44.4 Å². The number of esters is 1. The lowest BCUT2D eigenvalue weighted by atomic mass is 9.92. The van der Waals surface area contributed by atoms with E-state index in [1.807, 2.05) is 6.07 Å². The number of rotatable bonds is 6. The standard InChI is InChI=1S/C23H19NO4/c1-2-20(25)27-13-12-24-23(26)28-14-18-9-8-17-7-6-15-4-3-5-16-10-11-19(18)22(17)21(15)16/h2-11H,1,12-14H2,(H,24,26). The summed E-state index contributed by atoms with van der Waals surface area (Å²) in [7, 11) is 0. The molecule has 0 saturated heterocycles. The number of hydrogen-bond donors (Lipinski definition) is 1. The van der Waals surface area contributed by atoms with Crippen molar-refractivity contribution < 1.29 is 19.1 Å². The maximum Gasteiger partial charge on any atom is 0.407 e. The molecule has 5 nitrogen and oxygen atoms in total. The Bertz CT molecular complexity index is 1170. The molecule has 0 radical (unpaired) electrons. The van der Waals surface area contributed by atoms with Crippen LogP contribution in [-0.4, -0.2) is 25.2 Å². The van der Waals surface area contributed by atoms with Crippen molar-refractivity contribution in [3.8, 4) is 0 Å². The smallest absolute Gasteiger partial charge is 0.407 e. The molecule has 0 aliphatic carbocycles. The van der Waals surface area contributed by atoms with E-state index in [2.05, 4.69) is 60.4 Å². The zero-order valence-electron chi connectivity index (χ0n) is 15.2. The van der Waals surface area contributed by atoms with Crippen LogP contribution in [0.1, 0.15) is 5.56 Å². The van der Waals surface area contributed by atoms with Gasteiger partial charge in [0.2, 0.25) is 0 Å². The average Bonchev–Trinajstić information content (AvgIpc) is 2.73. The first-order valence-electron chi connectivity index (χ1n) is 9.02. The van der Waals surface area contributed by atoms with Crippen LogP contribution in [0, 0.1) is 0 Å². The van der Waals surface area contributed by atoms with Gasteiger partial charge in [0.15, 0.2) is 0 Å². The van der Waals surface area contributed by atoms with Crippen molar-refractivity contribution in [1.82, 2.24) is 5.32 Å². The van der Waals surface area contributed by atoms with Gasteiger partial charge in [-0.05, 0) is 37.9 Å². The molecule has 28 heavy (non-hydrogen) atoms. The Hall–Kier alpha value is -3.60. The highest BCUT2D eigenvalue weighted by Crippen LogP contribution is 2.35. The van der Waals surface area contributed by atoms with E-state index in [-0.39, 0.29) is 19.8 Å². The van der Waals surface area contributed by atoms with Gasteiger partial charge in [-0.15, -0.1) is 0 Å². The summed E-state index contributed by atoms with van der Waals surface area (Å²) in [4.78, 5) is 22.9. The molecule has 0 aliphatic rings. The topological polar surface area (TPSA) is 64.6 Å². The fraction of sp³-hybridized carbons (Fsp3) is 0.130. The van der Waals surface area contributed by atoms with Gasteiger partial charge in [0.25, 0.3) is 0 Å². The van der Waals surface area contributed by atoms with Gasteiger partial charge in [-0.25, -0.2) is 9.59 Å². The van der Waals surface area contributed by atoms with Crippen molar-refractivity contribution in [3.05, 3.63) is 72.8 Å². The van der Waals surface area contributed by atoms with E-state index < -0.39 is 12.1 Å². The van der Waals surface area contributed by atoms with Gasteiger partial charge in [-0.3, -0.25) is 0 Å². The van der Waals surface area contributed by atoms with Crippen LogP contribution in [0.4, 0.5) is 4.79 Å². The summed E-state index contributed by atoms with van der Waals surface area (Å²) in [6, 6.07) is 18.7. The normalized spacial score (nSPS) is 11.0. The molecule has 5 heteroatoms. The lowest BCUT2D eigenvalue weighted by Gasteiger charge is -2.14. The monoisotopic (exact) mass is 373 g/mol. The number of carbonyl (C=O) groups excluding carboxylic acids is 2. The van der Waals surface area contributed by atoms with Gasteiger partial charge < -0.3 is 14.8 Å². The Morgan fingerprint density at radius 2 is 1.57 bits per heavy atom. The molecule has 0 aliphatic heterocycles. The van der Waals surface area contributed by atoms with E-state index in [0.717, 1.165) is 22.4 Å². The zero-order valence-corrected chi connectivity index (χ0v) is 15.2. The first-order valence-corrected chi connectivity index (χ1v) is 9.02. The average molecular weight is 373 g/mol. The predicted molar refractivity (Wildman–Crippen MR) is 109 cm³/mol. The Labute approximate surface area is 161 Å². The SMILES string of the molecule is C=CC(=O)OCCNC(=O)OCc1ccc2ccc3cccc4ccc1c2c34. The second kappa shape index (κ2) is 7.56. The van der Waals surface area contributed by atoms with Crippen molar-refractivity contribution in [2.24, 2.45) is 0 Å². The quantitative estimate of drug-likeness (QED) is 0.233. The van der Waals surface area contributed by atoms with Crippen molar-refractivity contribution in [3.63, 3.8) is 0 Å². The number of amides is 1. The molecule has 0 unspecified atom stereocenters. The van der Waals surface area contributed by atoms with Crippen molar-refractivity contribution in [2.75, 3.05) is 13.2 Å². The summed E-state index contributed by atoms with van der Waals surface area (Å²) in [6.07, 6.45) is 0.520. The van der Waals surface area contributed by atoms with Crippen LogP contribution in [0.15, 0.2) is 67.3 Å². The highest BCUT2D eigenvalue weighted by atomic mass is 16.6. The predicted octanol–water partition coefficient (Wildman–Crippen LogP) is 4.54. The molecule has 140 valence electrons. The van der Waals surface area contributed by atoms with Crippen molar-refractivity contribution in [1.29, 1.82) is 0 Å². The summed E-state index contributed by atoms with van der Waals surface area (Å²) in [5.41, 5.74) is 0.944. The fourth-order valence-electron chi connectivity index (χ4n) is 3.48. The molecule has 1 N–H and O–H groups in total. The molecule has 0 fully saturated rings. The molecule has 0 aromatic heterocycles. The maximum absolute atomic E-state index is 11.9. The molecular formula is C23H19NO4. The van der Waals surface area contributed by atoms with Crippen LogP contribution in [0.5, 0.6) is 0 Å². The van der Waals surface area contributed by atoms with Crippen LogP contribution in [0.25, 0.3) is 32.3 Å².